The quantitative estimate of drug-likeness (QED) is 0.374. The van der Waals surface area contributed by atoms with Gasteiger partial charge in [0, 0.05) is 25.0 Å². The second-order valence-corrected chi connectivity index (χ2v) is 8.16. The molecular weight excluding hydrogens is 439 g/mol. The van der Waals surface area contributed by atoms with Crippen molar-refractivity contribution in [1.82, 2.24) is 15.6 Å². The summed E-state index contributed by atoms with van der Waals surface area (Å²) in [5.74, 6) is 0.782. The normalized spacial score (nSPS) is 13.2. The number of ether oxygens (including phenoxy) is 1. The largest absolute Gasteiger partial charge is 0.496 e. The Hall–Kier alpha value is -3.32. The summed E-state index contributed by atoms with van der Waals surface area (Å²) in [4.78, 5) is 3.60. The fourth-order valence-corrected chi connectivity index (χ4v) is 3.84. The van der Waals surface area contributed by atoms with Gasteiger partial charge in [0.1, 0.15) is 11.4 Å². The highest BCUT2D eigenvalue weighted by molar-refractivity contribution is 5.38. The van der Waals surface area contributed by atoms with Crippen LogP contribution in [0, 0.1) is 6.92 Å². The highest BCUT2D eigenvalue weighted by Crippen LogP contribution is 2.31. The first-order chi connectivity index (χ1) is 16.2. The molecule has 2 atom stereocenters. The van der Waals surface area contributed by atoms with Crippen molar-refractivity contribution in [2.45, 2.75) is 38.0 Å². The minimum atomic E-state index is -4.45. The van der Waals surface area contributed by atoms with Crippen LogP contribution in [0.4, 0.5) is 13.2 Å². The minimum Gasteiger partial charge on any atom is -0.496 e. The van der Waals surface area contributed by atoms with Gasteiger partial charge in [-0.1, -0.05) is 55.1 Å². The summed E-state index contributed by atoms with van der Waals surface area (Å²) in [6.07, 6.45) is -1.96. The molecule has 7 heteroatoms. The second kappa shape index (κ2) is 11.2. The third-order valence-electron chi connectivity index (χ3n) is 5.84. The van der Waals surface area contributed by atoms with Crippen molar-refractivity contribution in [3.8, 4) is 5.75 Å². The second-order valence-electron chi connectivity index (χ2n) is 8.16. The van der Waals surface area contributed by atoms with Crippen LogP contribution in [0.25, 0.3) is 0 Å². The number of hydrogen-bond donors (Lipinski definition) is 2. The molecule has 0 saturated carbocycles. The number of nitrogens with one attached hydrogen (secondary N) is 2. The van der Waals surface area contributed by atoms with Crippen molar-refractivity contribution < 1.29 is 17.9 Å². The molecular formula is C27H30F3N3O. The van der Waals surface area contributed by atoms with Gasteiger partial charge in [-0.15, -0.1) is 0 Å². The fourth-order valence-electron chi connectivity index (χ4n) is 3.84. The summed E-state index contributed by atoms with van der Waals surface area (Å²) in [7, 11) is 3.47. The number of likely N-dealkylation sites (N-methyl/N-ethyl adjacent to an activating group) is 1. The number of benzene rings is 2. The van der Waals surface area contributed by atoms with E-state index >= 15 is 0 Å². The van der Waals surface area contributed by atoms with Crippen LogP contribution in [0.5, 0.6) is 5.75 Å². The van der Waals surface area contributed by atoms with Gasteiger partial charge in [-0.2, -0.15) is 13.2 Å². The molecule has 0 bridgehead atoms. The molecule has 1 heterocycles. The van der Waals surface area contributed by atoms with Gasteiger partial charge >= 0.3 is 6.18 Å². The topological polar surface area (TPSA) is 46.2 Å². The van der Waals surface area contributed by atoms with Crippen molar-refractivity contribution in [3.05, 3.63) is 107 Å². The van der Waals surface area contributed by atoms with E-state index in [-0.39, 0.29) is 12.1 Å². The highest BCUT2D eigenvalue weighted by Gasteiger charge is 2.32. The molecule has 2 N–H and O–H groups in total. The molecule has 0 amide bonds. The lowest BCUT2D eigenvalue weighted by Crippen LogP contribution is -2.31. The number of nitrogens with zero attached hydrogens (tertiary/aromatic N) is 1. The first kappa shape index (κ1) is 25.3. The predicted molar refractivity (Wildman–Crippen MR) is 129 cm³/mol. The minimum absolute atomic E-state index is 0.118. The smallest absolute Gasteiger partial charge is 0.433 e. The molecule has 0 radical (unpaired) electrons. The maximum atomic E-state index is 12.9. The van der Waals surface area contributed by atoms with E-state index in [4.69, 9.17) is 4.74 Å². The number of alkyl halides is 3. The van der Waals surface area contributed by atoms with Crippen molar-refractivity contribution >= 4 is 0 Å². The van der Waals surface area contributed by atoms with Crippen molar-refractivity contribution in [2.24, 2.45) is 0 Å². The van der Waals surface area contributed by atoms with Crippen molar-refractivity contribution in [3.63, 3.8) is 0 Å². The molecule has 0 aliphatic rings. The van der Waals surface area contributed by atoms with E-state index in [1.165, 1.54) is 12.3 Å². The Balaban J connectivity index is 1.89. The lowest BCUT2D eigenvalue weighted by atomic mass is 9.95. The van der Waals surface area contributed by atoms with Crippen LogP contribution in [-0.2, 0) is 12.6 Å². The standard InChI is InChI=1S/C27H30F3N3O/c1-18-10-13-22(16-24(18)34-4)23(14-11-20-12-15-25(32-17-20)27(28,29)30)33-26(19(2)31-3)21-8-6-5-7-9-21/h5-10,12-13,15-17,23,26,31,33H,2,11,14H2,1,3-4H3/t23-,26-/m0/s1. The Labute approximate surface area is 198 Å². The Morgan fingerprint density at radius 3 is 2.38 bits per heavy atom. The Morgan fingerprint density at radius 1 is 1.06 bits per heavy atom. The zero-order valence-corrected chi connectivity index (χ0v) is 19.6. The number of hydrogen-bond acceptors (Lipinski definition) is 4. The molecule has 0 aliphatic carbocycles. The Bertz CT molecular complexity index is 1080. The van der Waals surface area contributed by atoms with Crippen LogP contribution >= 0.6 is 0 Å². The third kappa shape index (κ3) is 6.38. The summed E-state index contributed by atoms with van der Waals surface area (Å²) in [6.45, 7) is 6.16. The Morgan fingerprint density at radius 2 is 1.79 bits per heavy atom. The van der Waals surface area contributed by atoms with E-state index in [9.17, 15) is 13.2 Å². The van der Waals surface area contributed by atoms with Crippen LogP contribution in [0.3, 0.4) is 0 Å². The lowest BCUT2D eigenvalue weighted by molar-refractivity contribution is -0.141. The summed E-state index contributed by atoms with van der Waals surface area (Å²) in [5, 5.41) is 6.84. The average molecular weight is 470 g/mol. The van der Waals surface area contributed by atoms with Gasteiger partial charge in [0.25, 0.3) is 0 Å². The maximum Gasteiger partial charge on any atom is 0.433 e. The number of methoxy groups -OCH3 is 1. The van der Waals surface area contributed by atoms with Gasteiger partial charge in [-0.3, -0.25) is 10.3 Å². The maximum absolute atomic E-state index is 12.9. The molecule has 4 nitrogen and oxygen atoms in total. The predicted octanol–water partition coefficient (Wildman–Crippen LogP) is 6.16. The van der Waals surface area contributed by atoms with E-state index in [1.54, 1.807) is 7.11 Å². The monoisotopic (exact) mass is 469 g/mol. The van der Waals surface area contributed by atoms with E-state index in [2.05, 4.69) is 22.2 Å². The molecule has 3 aromatic rings. The summed E-state index contributed by atoms with van der Waals surface area (Å²) in [6, 6.07) is 18.3. The molecule has 1 aromatic heterocycles. The molecule has 0 fully saturated rings. The number of rotatable bonds is 10. The first-order valence-electron chi connectivity index (χ1n) is 11.1. The van der Waals surface area contributed by atoms with Crippen LogP contribution in [0.15, 0.2) is 79.1 Å². The van der Waals surface area contributed by atoms with E-state index in [0.717, 1.165) is 39.8 Å². The van der Waals surface area contributed by atoms with Gasteiger partial charge in [-0.25, -0.2) is 0 Å². The molecule has 0 spiro atoms. The van der Waals surface area contributed by atoms with E-state index < -0.39 is 11.9 Å². The molecule has 3 rings (SSSR count). The van der Waals surface area contributed by atoms with Gasteiger partial charge in [-0.05, 0) is 54.2 Å². The molecule has 34 heavy (non-hydrogen) atoms. The zero-order chi connectivity index (χ0) is 24.7. The average Bonchev–Trinajstić information content (AvgIpc) is 2.84. The molecule has 2 aromatic carbocycles. The number of halogens is 3. The number of aryl methyl sites for hydroxylation is 2. The van der Waals surface area contributed by atoms with Gasteiger partial charge < -0.3 is 10.1 Å². The summed E-state index contributed by atoms with van der Waals surface area (Å²) < 4.78 is 44.2. The summed E-state index contributed by atoms with van der Waals surface area (Å²) >= 11 is 0. The van der Waals surface area contributed by atoms with Crippen molar-refractivity contribution in [2.75, 3.05) is 14.2 Å². The SMILES string of the molecule is C=C(NC)[C@H](N[C@@H](CCc1ccc(C(F)(F)F)nc1)c1ccc(C)c(OC)c1)c1ccccc1. The number of pyridine rings is 1. The van der Waals surface area contributed by atoms with Crippen LogP contribution in [0.2, 0.25) is 0 Å². The van der Waals surface area contributed by atoms with Crippen LogP contribution in [0.1, 0.15) is 46.5 Å². The van der Waals surface area contributed by atoms with E-state index in [0.29, 0.717) is 12.8 Å². The van der Waals surface area contributed by atoms with Crippen LogP contribution < -0.4 is 15.4 Å². The van der Waals surface area contributed by atoms with E-state index in [1.807, 2.05) is 62.5 Å². The molecule has 0 unspecified atom stereocenters. The van der Waals surface area contributed by atoms with Gasteiger partial charge in [0.05, 0.1) is 13.2 Å². The van der Waals surface area contributed by atoms with Gasteiger partial charge in [0.15, 0.2) is 0 Å². The fraction of sp³-hybridized carbons (Fsp3) is 0.296. The first-order valence-corrected chi connectivity index (χ1v) is 11.1. The molecule has 180 valence electrons. The van der Waals surface area contributed by atoms with Crippen LogP contribution in [-0.4, -0.2) is 19.1 Å². The van der Waals surface area contributed by atoms with Gasteiger partial charge in [0.2, 0.25) is 0 Å². The third-order valence-corrected chi connectivity index (χ3v) is 5.84. The lowest BCUT2D eigenvalue weighted by Gasteiger charge is -2.28. The zero-order valence-electron chi connectivity index (χ0n) is 19.6. The Kier molecular flexibility index (Phi) is 8.34. The number of aromatic nitrogens is 1. The molecule has 0 saturated heterocycles. The molecule has 0 aliphatic heterocycles. The van der Waals surface area contributed by atoms with Crippen molar-refractivity contribution in [1.29, 1.82) is 0 Å². The summed E-state index contributed by atoms with van der Waals surface area (Å²) in [5.41, 5.74) is 3.77. The highest BCUT2D eigenvalue weighted by atomic mass is 19.4.